The van der Waals surface area contributed by atoms with Gasteiger partial charge in [-0.15, -0.1) is 10.2 Å². The van der Waals surface area contributed by atoms with E-state index >= 15 is 0 Å². The fraction of sp³-hybridized carbons (Fsp3) is 0.300. The Hall–Kier alpha value is -2.71. The molecule has 2 heterocycles. The summed E-state index contributed by atoms with van der Waals surface area (Å²) in [7, 11) is -3.46. The summed E-state index contributed by atoms with van der Waals surface area (Å²) in [5.74, 6) is 0.891. The molecule has 4 rings (SSSR count). The Bertz CT molecular complexity index is 1030. The van der Waals surface area contributed by atoms with Crippen molar-refractivity contribution in [3.63, 3.8) is 0 Å². The molecule has 1 fully saturated rings. The molecule has 1 aliphatic rings. The zero-order chi connectivity index (χ0) is 19.4. The smallest absolute Gasteiger partial charge is 0.247 e. The third kappa shape index (κ3) is 4.07. The average molecular weight is 398 g/mol. The van der Waals surface area contributed by atoms with Gasteiger partial charge in [-0.05, 0) is 43.2 Å². The van der Waals surface area contributed by atoms with Crippen molar-refractivity contribution in [1.82, 2.24) is 14.5 Å². The number of anilines is 1. The molecule has 0 radical (unpaired) electrons. The number of aromatic nitrogens is 2. The van der Waals surface area contributed by atoms with Crippen molar-refractivity contribution in [3.8, 4) is 11.5 Å². The Kier molecular flexibility index (Phi) is 5.40. The summed E-state index contributed by atoms with van der Waals surface area (Å²) < 4.78 is 32.9. The molecule has 0 bridgehead atoms. The predicted molar refractivity (Wildman–Crippen MR) is 106 cm³/mol. The maximum atomic E-state index is 12.8. The van der Waals surface area contributed by atoms with E-state index in [1.165, 1.54) is 0 Å². The molecule has 1 saturated heterocycles. The van der Waals surface area contributed by atoms with E-state index in [2.05, 4.69) is 15.5 Å². The van der Waals surface area contributed by atoms with Crippen LogP contribution in [-0.2, 0) is 16.6 Å². The third-order valence-electron chi connectivity index (χ3n) is 4.72. The second-order valence-corrected chi connectivity index (χ2v) is 8.65. The maximum absolute atomic E-state index is 12.8. The lowest BCUT2D eigenvalue weighted by atomic mass is 10.2. The minimum absolute atomic E-state index is 0.301. The zero-order valence-electron chi connectivity index (χ0n) is 15.4. The number of nitrogens with zero attached hydrogens (tertiary/aromatic N) is 3. The van der Waals surface area contributed by atoms with Gasteiger partial charge in [-0.1, -0.05) is 30.7 Å². The van der Waals surface area contributed by atoms with Crippen molar-refractivity contribution in [2.45, 2.75) is 30.7 Å². The van der Waals surface area contributed by atoms with Gasteiger partial charge in [0.2, 0.25) is 21.8 Å². The standard InChI is InChI=1S/C20H22N4O3S/c25-28(26,24-12-5-2-6-13-24)18-11-7-10-17(14-18)21-15-19-22-23-20(27-19)16-8-3-1-4-9-16/h1,3-4,7-11,14,21H,2,5-6,12-13,15H2. The highest BCUT2D eigenvalue weighted by atomic mass is 32.2. The molecular weight excluding hydrogens is 376 g/mol. The highest BCUT2D eigenvalue weighted by Crippen LogP contribution is 2.23. The summed E-state index contributed by atoms with van der Waals surface area (Å²) in [5.41, 5.74) is 1.55. The lowest BCUT2D eigenvalue weighted by Crippen LogP contribution is -2.35. The molecule has 0 amide bonds. The van der Waals surface area contributed by atoms with Crippen LogP contribution in [0.5, 0.6) is 0 Å². The fourth-order valence-electron chi connectivity index (χ4n) is 3.22. The first-order valence-electron chi connectivity index (χ1n) is 9.35. The van der Waals surface area contributed by atoms with Crippen LogP contribution in [0.3, 0.4) is 0 Å². The lowest BCUT2D eigenvalue weighted by molar-refractivity contribution is 0.346. The van der Waals surface area contributed by atoms with Crippen LogP contribution in [0.1, 0.15) is 25.2 Å². The van der Waals surface area contributed by atoms with E-state index in [4.69, 9.17) is 4.42 Å². The largest absolute Gasteiger partial charge is 0.419 e. The predicted octanol–water partition coefficient (Wildman–Crippen LogP) is 3.52. The molecule has 0 unspecified atom stereocenters. The number of benzene rings is 2. The molecule has 7 nitrogen and oxygen atoms in total. The Morgan fingerprint density at radius 3 is 2.54 bits per heavy atom. The minimum Gasteiger partial charge on any atom is -0.419 e. The van der Waals surface area contributed by atoms with Crippen LogP contribution in [-0.4, -0.2) is 36.0 Å². The van der Waals surface area contributed by atoms with Gasteiger partial charge < -0.3 is 9.73 Å². The average Bonchev–Trinajstić information content (AvgIpc) is 3.23. The van der Waals surface area contributed by atoms with E-state index in [1.54, 1.807) is 22.5 Å². The summed E-state index contributed by atoms with van der Waals surface area (Å²) in [6.07, 6.45) is 2.92. The van der Waals surface area contributed by atoms with Gasteiger partial charge in [0.1, 0.15) is 0 Å². The van der Waals surface area contributed by atoms with Crippen molar-refractivity contribution < 1.29 is 12.8 Å². The van der Waals surface area contributed by atoms with Crippen molar-refractivity contribution >= 4 is 15.7 Å². The van der Waals surface area contributed by atoms with E-state index in [0.29, 0.717) is 42.0 Å². The van der Waals surface area contributed by atoms with E-state index in [9.17, 15) is 8.42 Å². The first-order valence-corrected chi connectivity index (χ1v) is 10.8. The van der Waals surface area contributed by atoms with Crippen molar-refractivity contribution in [2.75, 3.05) is 18.4 Å². The molecule has 2 aromatic carbocycles. The molecule has 0 atom stereocenters. The number of nitrogens with one attached hydrogen (secondary N) is 1. The summed E-state index contributed by atoms with van der Waals surface area (Å²) in [6, 6.07) is 16.4. The molecule has 0 spiro atoms. The molecule has 1 aliphatic heterocycles. The molecule has 28 heavy (non-hydrogen) atoms. The summed E-state index contributed by atoms with van der Waals surface area (Å²) in [4.78, 5) is 0.301. The molecule has 8 heteroatoms. The van der Waals surface area contributed by atoms with Gasteiger partial charge in [-0.3, -0.25) is 0 Å². The van der Waals surface area contributed by atoms with Gasteiger partial charge in [0.25, 0.3) is 0 Å². The van der Waals surface area contributed by atoms with Crippen LogP contribution in [0.25, 0.3) is 11.5 Å². The van der Waals surface area contributed by atoms with E-state index in [-0.39, 0.29) is 0 Å². The molecular formula is C20H22N4O3S. The molecule has 1 N–H and O–H groups in total. The fourth-order valence-corrected chi connectivity index (χ4v) is 4.78. The Balaban J connectivity index is 1.45. The van der Waals surface area contributed by atoms with Crippen molar-refractivity contribution in [2.24, 2.45) is 0 Å². The molecule has 146 valence electrons. The van der Waals surface area contributed by atoms with E-state index < -0.39 is 10.0 Å². The first kappa shape index (κ1) is 18.6. The van der Waals surface area contributed by atoms with Crippen LogP contribution in [0.2, 0.25) is 0 Å². The number of piperidine rings is 1. The Morgan fingerprint density at radius 2 is 1.75 bits per heavy atom. The van der Waals surface area contributed by atoms with Gasteiger partial charge in [0.05, 0.1) is 11.4 Å². The summed E-state index contributed by atoms with van der Waals surface area (Å²) in [6.45, 7) is 1.49. The number of hydrogen-bond acceptors (Lipinski definition) is 6. The number of sulfonamides is 1. The SMILES string of the molecule is O=S(=O)(c1cccc(NCc2nnc(-c3ccccc3)o2)c1)N1CCCCC1. The number of rotatable bonds is 6. The highest BCUT2D eigenvalue weighted by molar-refractivity contribution is 7.89. The van der Waals surface area contributed by atoms with Crippen LogP contribution in [0, 0.1) is 0 Å². The molecule has 0 aliphatic carbocycles. The van der Waals surface area contributed by atoms with Gasteiger partial charge >= 0.3 is 0 Å². The molecule has 0 saturated carbocycles. The van der Waals surface area contributed by atoms with Crippen molar-refractivity contribution in [1.29, 1.82) is 0 Å². The second-order valence-electron chi connectivity index (χ2n) is 6.71. The number of hydrogen-bond donors (Lipinski definition) is 1. The second kappa shape index (κ2) is 8.12. The first-order chi connectivity index (χ1) is 13.6. The minimum atomic E-state index is -3.46. The van der Waals surface area contributed by atoms with Crippen LogP contribution in [0.4, 0.5) is 5.69 Å². The van der Waals surface area contributed by atoms with Gasteiger partial charge in [0, 0.05) is 24.3 Å². The maximum Gasteiger partial charge on any atom is 0.247 e. The van der Waals surface area contributed by atoms with Crippen molar-refractivity contribution in [3.05, 3.63) is 60.5 Å². The quantitative estimate of drug-likeness (QED) is 0.683. The highest BCUT2D eigenvalue weighted by Gasteiger charge is 2.26. The molecule has 1 aromatic heterocycles. The topological polar surface area (TPSA) is 88.3 Å². The Morgan fingerprint density at radius 1 is 0.964 bits per heavy atom. The van der Waals surface area contributed by atoms with Gasteiger partial charge in [-0.25, -0.2) is 8.42 Å². The molecule has 3 aromatic rings. The van der Waals surface area contributed by atoms with E-state index in [0.717, 1.165) is 24.8 Å². The monoisotopic (exact) mass is 398 g/mol. The van der Waals surface area contributed by atoms with Crippen LogP contribution in [0.15, 0.2) is 63.9 Å². The van der Waals surface area contributed by atoms with Gasteiger partial charge in [0.15, 0.2) is 0 Å². The summed E-state index contributed by atoms with van der Waals surface area (Å²) in [5, 5.41) is 11.3. The summed E-state index contributed by atoms with van der Waals surface area (Å²) >= 11 is 0. The van der Waals surface area contributed by atoms with Crippen LogP contribution >= 0.6 is 0 Å². The van der Waals surface area contributed by atoms with E-state index in [1.807, 2.05) is 36.4 Å². The van der Waals surface area contributed by atoms with Crippen LogP contribution < -0.4 is 5.32 Å². The third-order valence-corrected chi connectivity index (χ3v) is 6.61. The Labute approximate surface area is 164 Å². The van der Waals surface area contributed by atoms with Gasteiger partial charge in [-0.2, -0.15) is 4.31 Å². The zero-order valence-corrected chi connectivity index (χ0v) is 16.2. The normalized spacial score (nSPS) is 15.4. The lowest BCUT2D eigenvalue weighted by Gasteiger charge is -2.26.